The van der Waals surface area contributed by atoms with Gasteiger partial charge >= 0.3 is 5.97 Å². The summed E-state index contributed by atoms with van der Waals surface area (Å²) in [6.07, 6.45) is 0.0565. The molecular formula is C18H19FO4. The van der Waals surface area contributed by atoms with Gasteiger partial charge in [-0.15, -0.1) is 0 Å². The molecule has 1 aromatic rings. The monoisotopic (exact) mass is 318 g/mol. The van der Waals surface area contributed by atoms with Gasteiger partial charge in [-0.25, -0.2) is 4.39 Å². The largest absolute Gasteiger partial charge is 0.466 e. The summed E-state index contributed by atoms with van der Waals surface area (Å²) >= 11 is 0. The van der Waals surface area contributed by atoms with Gasteiger partial charge < -0.3 is 14.6 Å². The summed E-state index contributed by atoms with van der Waals surface area (Å²) in [7, 11) is 0. The zero-order valence-corrected chi connectivity index (χ0v) is 13.1. The lowest BCUT2D eigenvalue weighted by molar-refractivity contribution is -0.153. The molecule has 0 bridgehead atoms. The average Bonchev–Trinajstić information content (AvgIpc) is 2.45. The average molecular weight is 318 g/mol. The van der Waals surface area contributed by atoms with Crippen LogP contribution in [0.2, 0.25) is 0 Å². The van der Waals surface area contributed by atoms with Crippen molar-refractivity contribution in [2.45, 2.75) is 26.1 Å². The van der Waals surface area contributed by atoms with Crippen molar-refractivity contribution in [1.29, 1.82) is 0 Å². The number of halogens is 1. The smallest absolute Gasteiger partial charge is 0.302 e. The van der Waals surface area contributed by atoms with Crippen molar-refractivity contribution in [3.05, 3.63) is 64.8 Å². The Morgan fingerprint density at radius 3 is 2.13 bits per heavy atom. The molecule has 3 rings (SSSR count). The summed E-state index contributed by atoms with van der Waals surface area (Å²) in [6, 6.07) is 14.2. The topological polar surface area (TPSA) is 55.8 Å². The number of benzene rings is 2. The lowest BCUT2D eigenvalue weighted by Crippen LogP contribution is -2.33. The third kappa shape index (κ3) is 5.07. The minimum absolute atomic E-state index is 0.0107. The number of rotatable bonds is 5. The number of esters is 1. The molecule has 5 heteroatoms. The summed E-state index contributed by atoms with van der Waals surface area (Å²) in [6.45, 7) is 2.66. The first kappa shape index (κ1) is 17.0. The molecule has 0 aromatic heterocycles. The van der Waals surface area contributed by atoms with Gasteiger partial charge in [0.15, 0.2) is 11.6 Å². The number of carbonyl (C=O) groups is 1. The first-order chi connectivity index (χ1) is 10.9. The van der Waals surface area contributed by atoms with Gasteiger partial charge in [0.05, 0.1) is 6.61 Å². The molecule has 0 spiro atoms. The minimum Gasteiger partial charge on any atom is -0.466 e. The Hall–Kier alpha value is -2.40. The molecule has 0 aliphatic heterocycles. The van der Waals surface area contributed by atoms with Crippen LogP contribution in [0.3, 0.4) is 0 Å². The molecular weight excluding hydrogens is 299 g/mol. The maximum absolute atomic E-state index is 13.2. The first-order valence-electron chi connectivity index (χ1n) is 7.27. The Bertz CT molecular complexity index is 720. The molecule has 0 saturated carbocycles. The van der Waals surface area contributed by atoms with Crippen molar-refractivity contribution < 1.29 is 23.8 Å². The molecule has 0 saturated heterocycles. The molecule has 0 fully saturated rings. The third-order valence-electron chi connectivity index (χ3n) is 3.26. The van der Waals surface area contributed by atoms with Crippen LogP contribution in [-0.4, -0.2) is 23.5 Å². The van der Waals surface area contributed by atoms with Crippen molar-refractivity contribution in [2.24, 2.45) is 0 Å². The molecule has 1 aromatic carbocycles. The summed E-state index contributed by atoms with van der Waals surface area (Å²) in [5.74, 6) is -2.62. The minimum atomic E-state index is -1.59. The second-order valence-corrected chi connectivity index (χ2v) is 5.37. The Morgan fingerprint density at radius 1 is 1.13 bits per heavy atom. The molecule has 1 atom stereocenters. The van der Waals surface area contributed by atoms with Gasteiger partial charge in [0.2, 0.25) is 5.79 Å². The van der Waals surface area contributed by atoms with Crippen LogP contribution in [0.4, 0.5) is 4.39 Å². The van der Waals surface area contributed by atoms with Crippen LogP contribution in [0.25, 0.3) is 0 Å². The van der Waals surface area contributed by atoms with E-state index in [9.17, 15) is 14.3 Å². The van der Waals surface area contributed by atoms with Crippen molar-refractivity contribution >= 4 is 5.97 Å². The Labute approximate surface area is 133 Å². The fourth-order valence-electron chi connectivity index (χ4n) is 1.86. The van der Waals surface area contributed by atoms with Crippen LogP contribution in [0.15, 0.2) is 48.5 Å². The predicted octanol–water partition coefficient (Wildman–Crippen LogP) is 3.15. The predicted molar refractivity (Wildman–Crippen MR) is 83.0 cm³/mol. The van der Waals surface area contributed by atoms with Crippen molar-refractivity contribution in [3.8, 4) is 5.75 Å². The highest BCUT2D eigenvalue weighted by Gasteiger charge is 2.24. The lowest BCUT2D eigenvalue weighted by atomic mass is 10.1. The molecule has 2 aliphatic carbocycles. The van der Waals surface area contributed by atoms with E-state index in [1.54, 1.807) is 6.07 Å². The van der Waals surface area contributed by atoms with Gasteiger partial charge in [0, 0.05) is 20.3 Å². The molecule has 4 nitrogen and oxygen atoms in total. The number of ether oxygens (including phenoxy) is 2. The first-order valence-corrected chi connectivity index (χ1v) is 7.27. The van der Waals surface area contributed by atoms with Gasteiger partial charge in [-0.05, 0) is 22.6 Å². The maximum Gasteiger partial charge on any atom is 0.302 e. The van der Waals surface area contributed by atoms with Crippen LogP contribution in [0, 0.1) is 16.3 Å². The van der Waals surface area contributed by atoms with Gasteiger partial charge in [0.25, 0.3) is 0 Å². The van der Waals surface area contributed by atoms with Crippen molar-refractivity contribution in [1.82, 2.24) is 0 Å². The SMILES string of the molecule is CC(=O)OCCC(C)(O)Oc1ccccc1F.c1cc2ccc1=2. The van der Waals surface area contributed by atoms with Gasteiger partial charge in [0.1, 0.15) is 0 Å². The van der Waals surface area contributed by atoms with E-state index < -0.39 is 17.6 Å². The lowest BCUT2D eigenvalue weighted by Gasteiger charge is -2.24. The number of para-hydroxylation sites is 1. The van der Waals surface area contributed by atoms with Gasteiger partial charge in [-0.2, -0.15) is 0 Å². The fraction of sp³-hybridized carbons (Fsp3) is 0.278. The summed E-state index contributed by atoms with van der Waals surface area (Å²) in [5.41, 5.74) is 0. The zero-order valence-electron chi connectivity index (χ0n) is 13.1. The van der Waals surface area contributed by atoms with Gasteiger partial charge in [-0.3, -0.25) is 4.79 Å². The highest BCUT2D eigenvalue weighted by molar-refractivity contribution is 5.65. The van der Waals surface area contributed by atoms with E-state index in [1.165, 1.54) is 42.5 Å². The van der Waals surface area contributed by atoms with Crippen molar-refractivity contribution in [3.63, 3.8) is 0 Å². The molecule has 0 amide bonds. The third-order valence-corrected chi connectivity index (χ3v) is 3.26. The molecule has 0 radical (unpaired) electrons. The number of aliphatic hydroxyl groups is 1. The van der Waals surface area contributed by atoms with Crippen LogP contribution >= 0.6 is 0 Å². The molecule has 122 valence electrons. The van der Waals surface area contributed by atoms with Crippen LogP contribution < -0.4 is 4.74 Å². The standard InChI is InChI=1S/C12H15FO4.C6H4/c1-9(14)16-8-7-12(2,15)17-11-6-4-3-5-10(11)13;1-2-6-4-3-5(1)6/h3-6,15H,7-8H2,1-2H3;1-4H. The van der Waals surface area contributed by atoms with Crippen LogP contribution in [0.5, 0.6) is 5.75 Å². The van der Waals surface area contributed by atoms with Crippen LogP contribution in [-0.2, 0) is 9.53 Å². The Morgan fingerprint density at radius 2 is 1.70 bits per heavy atom. The normalized spacial score (nSPS) is 13.2. The van der Waals surface area contributed by atoms with E-state index in [0.29, 0.717) is 0 Å². The number of hydrogen-bond donors (Lipinski definition) is 1. The van der Waals surface area contributed by atoms with E-state index in [1.807, 2.05) is 0 Å². The highest BCUT2D eigenvalue weighted by atomic mass is 19.1. The molecule has 23 heavy (non-hydrogen) atoms. The Kier molecular flexibility index (Phi) is 5.34. The summed E-state index contributed by atoms with van der Waals surface area (Å²) < 4.78 is 23.0. The second kappa shape index (κ2) is 7.24. The zero-order chi connectivity index (χ0) is 16.9. The fourth-order valence-corrected chi connectivity index (χ4v) is 1.86. The molecule has 2 aliphatic rings. The molecule has 0 heterocycles. The van der Waals surface area contributed by atoms with Crippen LogP contribution in [0.1, 0.15) is 20.3 Å². The van der Waals surface area contributed by atoms with E-state index >= 15 is 0 Å². The van der Waals surface area contributed by atoms with E-state index in [4.69, 9.17) is 4.74 Å². The molecule has 1 unspecified atom stereocenters. The maximum atomic E-state index is 13.2. The quantitative estimate of drug-likeness (QED) is 0.580. The number of hydrogen-bond acceptors (Lipinski definition) is 4. The second-order valence-electron chi connectivity index (χ2n) is 5.37. The molecule has 1 N–H and O–H groups in total. The summed E-state index contributed by atoms with van der Waals surface area (Å²) in [4.78, 5) is 10.5. The Balaban J connectivity index is 0.000000260. The van der Waals surface area contributed by atoms with Crippen molar-refractivity contribution in [2.75, 3.05) is 6.61 Å². The summed E-state index contributed by atoms with van der Waals surface area (Å²) in [5, 5.41) is 12.7. The van der Waals surface area contributed by atoms with E-state index in [2.05, 4.69) is 29.0 Å². The highest BCUT2D eigenvalue weighted by Crippen LogP contribution is 2.22. The number of carbonyl (C=O) groups excluding carboxylic acids is 1. The van der Waals surface area contributed by atoms with E-state index in [-0.39, 0.29) is 18.8 Å². The van der Waals surface area contributed by atoms with E-state index in [0.717, 1.165) is 0 Å². The van der Waals surface area contributed by atoms with Gasteiger partial charge in [-0.1, -0.05) is 36.4 Å².